The van der Waals surface area contributed by atoms with E-state index in [0.29, 0.717) is 5.39 Å². The Morgan fingerprint density at radius 3 is 1.74 bits per heavy atom. The number of hydrogen-bond donors (Lipinski definition) is 2. The molecule has 7 aromatic rings. The molecule has 0 saturated carbocycles. The topological polar surface area (TPSA) is 91.8 Å². The van der Waals surface area contributed by atoms with Gasteiger partial charge >= 0.3 is 0 Å². The van der Waals surface area contributed by atoms with Gasteiger partial charge in [-0.15, -0.1) is 0 Å². The van der Waals surface area contributed by atoms with Crippen molar-refractivity contribution in [3.63, 3.8) is 0 Å². The van der Waals surface area contributed by atoms with Crippen LogP contribution in [-0.2, 0) is 0 Å². The monoisotopic (exact) mass is 565 g/mol. The number of hydrogen-bond acceptors (Lipinski definition) is 3. The summed E-state index contributed by atoms with van der Waals surface area (Å²) in [5.74, 6) is 0.121. The fourth-order valence-electron chi connectivity index (χ4n) is 4.76. The summed E-state index contributed by atoms with van der Waals surface area (Å²) in [7, 11) is 0. The minimum Gasteiger partial charge on any atom is -0.355 e. The summed E-state index contributed by atoms with van der Waals surface area (Å²) in [6.45, 7) is 3.68. The number of nitrogens with zero attached hydrogens (tertiary/aromatic N) is 1. The maximum atomic E-state index is 11.0. The van der Waals surface area contributed by atoms with Crippen molar-refractivity contribution < 1.29 is 9.72 Å². The zero-order valence-electron chi connectivity index (χ0n) is 24.0. The fraction of sp³-hybridized carbons (Fsp3) is 0.0541. The fourth-order valence-corrected chi connectivity index (χ4v) is 4.76. The third-order valence-electron chi connectivity index (χ3n) is 6.97. The van der Waals surface area contributed by atoms with Crippen molar-refractivity contribution in [3.8, 4) is 22.5 Å². The molecule has 0 atom stereocenters. The Labute approximate surface area is 249 Å². The van der Waals surface area contributed by atoms with Crippen molar-refractivity contribution in [1.29, 1.82) is 0 Å². The highest BCUT2D eigenvalue weighted by molar-refractivity contribution is 5.94. The van der Waals surface area contributed by atoms with Crippen LogP contribution in [0.3, 0.4) is 0 Å². The van der Waals surface area contributed by atoms with Crippen molar-refractivity contribution in [2.45, 2.75) is 13.8 Å². The first-order valence-corrected chi connectivity index (χ1v) is 13.9. The Balaban J connectivity index is 0.000000136. The highest BCUT2D eigenvalue weighted by atomic mass is 16.6. The molecule has 7 rings (SSSR count). The standard InChI is InChI=1S/C15H13N.C14H10N2O2.C8H8O/c1-11-7-8-13-10-15(16-14(13)9-11)12-5-3-2-4-6-12;17-16(18)14-8-4-7-12-11(14)9-13(15-12)10-5-2-1-3-6-10;1-7(9)8-5-3-2-4-6-8/h2-10,16H,1H3;1-9,15H;2-6H,1H3. The van der Waals surface area contributed by atoms with E-state index in [9.17, 15) is 14.9 Å². The van der Waals surface area contributed by atoms with E-state index in [2.05, 4.69) is 65.4 Å². The number of carbonyl (C=O) groups is 1. The van der Waals surface area contributed by atoms with Crippen LogP contribution in [0.5, 0.6) is 0 Å². The molecule has 0 bridgehead atoms. The number of non-ortho nitro benzene ring substituents is 1. The Hall–Kier alpha value is -5.75. The zero-order chi connectivity index (χ0) is 30.2. The van der Waals surface area contributed by atoms with Gasteiger partial charge in [0.05, 0.1) is 15.8 Å². The van der Waals surface area contributed by atoms with E-state index in [0.717, 1.165) is 22.3 Å². The lowest BCUT2D eigenvalue weighted by Crippen LogP contribution is -1.88. The summed E-state index contributed by atoms with van der Waals surface area (Å²) in [6.07, 6.45) is 0. The average Bonchev–Trinajstić information content (AvgIpc) is 3.67. The van der Waals surface area contributed by atoms with Gasteiger partial charge in [0, 0.05) is 33.9 Å². The number of Topliss-reactive ketones (excluding diaryl/α,β-unsaturated/α-hetero) is 1. The van der Waals surface area contributed by atoms with Gasteiger partial charge in [-0.1, -0.05) is 109 Å². The predicted molar refractivity (Wildman–Crippen MR) is 175 cm³/mol. The summed E-state index contributed by atoms with van der Waals surface area (Å²) in [6, 6.07) is 44.9. The molecule has 2 N–H and O–H groups in total. The first kappa shape index (κ1) is 28.8. The zero-order valence-corrected chi connectivity index (χ0v) is 24.0. The van der Waals surface area contributed by atoms with Crippen LogP contribution in [0.15, 0.2) is 140 Å². The van der Waals surface area contributed by atoms with Gasteiger partial charge in [0.1, 0.15) is 0 Å². The van der Waals surface area contributed by atoms with Crippen molar-refractivity contribution in [1.82, 2.24) is 9.97 Å². The van der Waals surface area contributed by atoms with Crippen LogP contribution in [-0.4, -0.2) is 20.7 Å². The van der Waals surface area contributed by atoms with Crippen molar-refractivity contribution in [2.24, 2.45) is 0 Å². The predicted octanol–water partition coefficient (Wildman–Crippen LogP) is 9.78. The van der Waals surface area contributed by atoms with E-state index in [4.69, 9.17) is 0 Å². The molecule has 0 saturated heterocycles. The number of nitro benzene ring substituents is 1. The lowest BCUT2D eigenvalue weighted by atomic mass is 10.1. The van der Waals surface area contributed by atoms with Crippen molar-refractivity contribution in [2.75, 3.05) is 0 Å². The van der Waals surface area contributed by atoms with E-state index in [1.165, 1.54) is 33.8 Å². The van der Waals surface area contributed by atoms with E-state index < -0.39 is 0 Å². The smallest absolute Gasteiger partial charge is 0.278 e. The van der Waals surface area contributed by atoms with E-state index in [1.54, 1.807) is 13.0 Å². The molecule has 5 aromatic carbocycles. The minimum absolute atomic E-state index is 0.121. The SMILES string of the molecule is CC(=O)c1ccccc1.Cc1ccc2cc(-c3ccccc3)[nH]c2c1.O=[N+]([O-])c1cccc2[nH]c(-c3ccccc3)cc12. The summed E-state index contributed by atoms with van der Waals surface area (Å²) >= 11 is 0. The van der Waals surface area contributed by atoms with Gasteiger partial charge in [0.15, 0.2) is 5.78 Å². The molecular formula is C37H31N3O3. The Morgan fingerprint density at radius 1 is 0.628 bits per heavy atom. The second-order valence-electron chi connectivity index (χ2n) is 10.1. The highest BCUT2D eigenvalue weighted by Crippen LogP contribution is 2.30. The van der Waals surface area contributed by atoms with Gasteiger partial charge in [-0.05, 0) is 54.8 Å². The second kappa shape index (κ2) is 13.3. The second-order valence-corrected chi connectivity index (χ2v) is 10.1. The molecule has 0 spiro atoms. The molecule has 0 radical (unpaired) electrons. The number of fused-ring (bicyclic) bond motifs is 2. The van der Waals surface area contributed by atoms with Gasteiger partial charge < -0.3 is 9.97 Å². The molecule has 6 heteroatoms. The molecule has 212 valence electrons. The summed E-state index contributed by atoms with van der Waals surface area (Å²) in [5, 5.41) is 12.9. The summed E-state index contributed by atoms with van der Waals surface area (Å²) in [4.78, 5) is 27.9. The van der Waals surface area contributed by atoms with Crippen LogP contribution in [0.25, 0.3) is 44.3 Å². The van der Waals surface area contributed by atoms with Gasteiger partial charge in [-0.25, -0.2) is 0 Å². The minimum atomic E-state index is -0.356. The van der Waals surface area contributed by atoms with Crippen LogP contribution in [0, 0.1) is 17.0 Å². The molecule has 0 amide bonds. The van der Waals surface area contributed by atoms with Gasteiger partial charge in [-0.2, -0.15) is 0 Å². The number of carbonyl (C=O) groups excluding carboxylic acids is 1. The quantitative estimate of drug-likeness (QED) is 0.126. The van der Waals surface area contributed by atoms with Crippen molar-refractivity contribution in [3.05, 3.63) is 161 Å². The maximum Gasteiger partial charge on any atom is 0.278 e. The van der Waals surface area contributed by atoms with Crippen LogP contribution in [0.2, 0.25) is 0 Å². The Bertz CT molecular complexity index is 1980. The number of benzene rings is 5. The van der Waals surface area contributed by atoms with E-state index in [-0.39, 0.29) is 16.4 Å². The Kier molecular flexibility index (Phi) is 8.88. The molecule has 43 heavy (non-hydrogen) atoms. The highest BCUT2D eigenvalue weighted by Gasteiger charge is 2.14. The largest absolute Gasteiger partial charge is 0.355 e. The third-order valence-corrected chi connectivity index (χ3v) is 6.97. The third kappa shape index (κ3) is 7.13. The molecule has 0 aliphatic carbocycles. The molecule has 0 aliphatic rings. The lowest BCUT2D eigenvalue weighted by Gasteiger charge is -1.95. The number of nitro groups is 1. The molecule has 6 nitrogen and oxygen atoms in total. The molecule has 0 unspecified atom stereocenters. The van der Waals surface area contributed by atoms with Gasteiger partial charge in [0.2, 0.25) is 0 Å². The van der Waals surface area contributed by atoms with Crippen LogP contribution in [0.1, 0.15) is 22.8 Å². The molecular weight excluding hydrogens is 534 g/mol. The number of nitrogens with one attached hydrogen (secondary N) is 2. The number of rotatable bonds is 4. The van der Waals surface area contributed by atoms with Crippen LogP contribution < -0.4 is 0 Å². The van der Waals surface area contributed by atoms with Crippen LogP contribution in [0.4, 0.5) is 5.69 Å². The number of H-pyrrole nitrogens is 2. The summed E-state index contributed by atoms with van der Waals surface area (Å²) < 4.78 is 0. The lowest BCUT2D eigenvalue weighted by molar-refractivity contribution is -0.383. The van der Waals surface area contributed by atoms with Crippen LogP contribution >= 0.6 is 0 Å². The normalized spacial score (nSPS) is 10.4. The molecule has 2 aromatic heterocycles. The molecule has 0 fully saturated rings. The molecule has 0 aliphatic heterocycles. The van der Waals surface area contributed by atoms with Gasteiger partial charge in [0.25, 0.3) is 5.69 Å². The maximum absolute atomic E-state index is 11.0. The molecule has 2 heterocycles. The van der Waals surface area contributed by atoms with E-state index >= 15 is 0 Å². The van der Waals surface area contributed by atoms with Gasteiger partial charge in [-0.3, -0.25) is 14.9 Å². The first-order chi connectivity index (χ1) is 20.9. The van der Waals surface area contributed by atoms with E-state index in [1.807, 2.05) is 78.9 Å². The number of aromatic nitrogens is 2. The van der Waals surface area contributed by atoms with Crippen molar-refractivity contribution >= 4 is 33.3 Å². The first-order valence-electron chi connectivity index (χ1n) is 13.9. The summed E-state index contributed by atoms with van der Waals surface area (Å²) in [5.41, 5.74) is 8.50. The average molecular weight is 566 g/mol. The number of aryl methyl sites for hydroxylation is 1. The number of aromatic amines is 2. The Morgan fingerprint density at radius 2 is 1.19 bits per heavy atom. The number of ketones is 1.